The summed E-state index contributed by atoms with van der Waals surface area (Å²) in [5.74, 6) is 0. The maximum Gasteiger partial charge on any atom is 0.0897 e. The second-order valence-corrected chi connectivity index (χ2v) is 5.14. The van der Waals surface area contributed by atoms with Crippen LogP contribution in [0.3, 0.4) is 0 Å². The Labute approximate surface area is 105 Å². The number of aliphatic hydroxyl groups excluding tert-OH is 1. The fourth-order valence-corrected chi connectivity index (χ4v) is 2.33. The molecule has 2 aromatic rings. The molecule has 1 unspecified atom stereocenters. The van der Waals surface area contributed by atoms with Gasteiger partial charge in [-0.05, 0) is 31.9 Å². The highest BCUT2D eigenvalue weighted by Crippen LogP contribution is 2.12. The summed E-state index contributed by atoms with van der Waals surface area (Å²) < 4.78 is 0. The maximum absolute atomic E-state index is 9.91. The highest BCUT2D eigenvalue weighted by Gasteiger charge is 2.08. The molecule has 0 saturated heterocycles. The molecular formula is C13H16N2OS. The number of rotatable bonds is 5. The minimum atomic E-state index is -0.335. The van der Waals surface area contributed by atoms with Crippen molar-refractivity contribution in [1.29, 1.82) is 0 Å². The summed E-state index contributed by atoms with van der Waals surface area (Å²) in [7, 11) is 0. The van der Waals surface area contributed by atoms with E-state index < -0.39 is 0 Å². The van der Waals surface area contributed by atoms with E-state index in [4.69, 9.17) is 0 Å². The van der Waals surface area contributed by atoms with Gasteiger partial charge in [0.2, 0.25) is 0 Å². The van der Waals surface area contributed by atoms with Crippen LogP contribution in [-0.2, 0) is 12.8 Å². The van der Waals surface area contributed by atoms with Crippen molar-refractivity contribution in [3.8, 4) is 0 Å². The average molecular weight is 248 g/mol. The standard InChI is InChI=1S/C13H16N2OS/c1-10-15-12(9-17-10)8-13(16)6-5-11-4-2-3-7-14-11/h2-4,7,9,13,16H,5-6,8H2,1H3. The third-order valence-corrected chi connectivity index (χ3v) is 3.39. The van der Waals surface area contributed by atoms with Gasteiger partial charge in [0, 0.05) is 23.7 Å². The van der Waals surface area contributed by atoms with Gasteiger partial charge in [-0.3, -0.25) is 4.98 Å². The zero-order valence-electron chi connectivity index (χ0n) is 9.84. The minimum absolute atomic E-state index is 0.335. The molecule has 3 nitrogen and oxygen atoms in total. The molecule has 2 aromatic heterocycles. The van der Waals surface area contributed by atoms with Crippen LogP contribution < -0.4 is 0 Å². The zero-order valence-corrected chi connectivity index (χ0v) is 10.7. The number of thiazole rings is 1. The van der Waals surface area contributed by atoms with Crippen LogP contribution in [0.4, 0.5) is 0 Å². The third kappa shape index (κ3) is 3.91. The Bertz CT molecular complexity index is 455. The topological polar surface area (TPSA) is 46.0 Å². The number of aryl methyl sites for hydroxylation is 2. The summed E-state index contributed by atoms with van der Waals surface area (Å²) >= 11 is 1.63. The second kappa shape index (κ2) is 5.89. The van der Waals surface area contributed by atoms with Gasteiger partial charge in [0.1, 0.15) is 0 Å². The van der Waals surface area contributed by atoms with Crippen LogP contribution in [0, 0.1) is 6.92 Å². The molecule has 0 aromatic carbocycles. The Kier molecular flexibility index (Phi) is 4.23. The molecule has 2 heterocycles. The molecule has 17 heavy (non-hydrogen) atoms. The quantitative estimate of drug-likeness (QED) is 0.883. The van der Waals surface area contributed by atoms with E-state index in [-0.39, 0.29) is 6.10 Å². The molecule has 2 rings (SSSR count). The van der Waals surface area contributed by atoms with Crippen molar-refractivity contribution in [3.05, 3.63) is 46.2 Å². The van der Waals surface area contributed by atoms with Crippen LogP contribution in [0.25, 0.3) is 0 Å². The van der Waals surface area contributed by atoms with Gasteiger partial charge in [-0.1, -0.05) is 6.07 Å². The second-order valence-electron chi connectivity index (χ2n) is 4.08. The predicted octanol–water partition coefficient (Wildman–Crippen LogP) is 2.38. The number of nitrogens with zero attached hydrogens (tertiary/aromatic N) is 2. The molecule has 0 radical (unpaired) electrons. The number of aromatic nitrogens is 2. The Morgan fingerprint density at radius 3 is 2.88 bits per heavy atom. The number of pyridine rings is 1. The largest absolute Gasteiger partial charge is 0.393 e. The summed E-state index contributed by atoms with van der Waals surface area (Å²) in [6.45, 7) is 1.98. The molecule has 0 fully saturated rings. The highest BCUT2D eigenvalue weighted by atomic mass is 32.1. The molecule has 90 valence electrons. The molecule has 0 spiro atoms. The van der Waals surface area contributed by atoms with Gasteiger partial charge in [0.15, 0.2) is 0 Å². The number of aliphatic hydroxyl groups is 1. The van der Waals surface area contributed by atoms with E-state index in [1.165, 1.54) is 0 Å². The van der Waals surface area contributed by atoms with Crippen LogP contribution in [0.2, 0.25) is 0 Å². The van der Waals surface area contributed by atoms with E-state index in [1.54, 1.807) is 17.5 Å². The summed E-state index contributed by atoms with van der Waals surface area (Å²) in [6.07, 6.45) is 3.62. The van der Waals surface area contributed by atoms with E-state index in [9.17, 15) is 5.11 Å². The van der Waals surface area contributed by atoms with Crippen molar-refractivity contribution in [2.75, 3.05) is 0 Å². The lowest BCUT2D eigenvalue weighted by Crippen LogP contribution is -2.12. The van der Waals surface area contributed by atoms with E-state index in [0.29, 0.717) is 6.42 Å². The monoisotopic (exact) mass is 248 g/mol. The Hall–Kier alpha value is -1.26. The lowest BCUT2D eigenvalue weighted by Gasteiger charge is -2.08. The normalized spacial score (nSPS) is 12.6. The van der Waals surface area contributed by atoms with Crippen LogP contribution >= 0.6 is 11.3 Å². The molecular weight excluding hydrogens is 232 g/mol. The molecule has 0 aliphatic rings. The fourth-order valence-electron chi connectivity index (χ4n) is 1.71. The zero-order chi connectivity index (χ0) is 12.1. The molecule has 0 aliphatic heterocycles. The first-order chi connectivity index (χ1) is 8.24. The van der Waals surface area contributed by atoms with Crippen LogP contribution in [0.1, 0.15) is 22.8 Å². The third-order valence-electron chi connectivity index (χ3n) is 2.57. The molecule has 1 N–H and O–H groups in total. The lowest BCUT2D eigenvalue weighted by atomic mass is 10.1. The summed E-state index contributed by atoms with van der Waals surface area (Å²) in [5.41, 5.74) is 2.02. The van der Waals surface area contributed by atoms with Crippen LogP contribution in [-0.4, -0.2) is 21.2 Å². The van der Waals surface area contributed by atoms with Crippen LogP contribution in [0.15, 0.2) is 29.8 Å². The van der Waals surface area contributed by atoms with Crippen molar-refractivity contribution in [1.82, 2.24) is 9.97 Å². The molecule has 0 bridgehead atoms. The van der Waals surface area contributed by atoms with Gasteiger partial charge in [0.05, 0.1) is 16.8 Å². The van der Waals surface area contributed by atoms with Gasteiger partial charge < -0.3 is 5.11 Å². The van der Waals surface area contributed by atoms with E-state index in [1.807, 2.05) is 30.5 Å². The molecule has 0 amide bonds. The van der Waals surface area contributed by atoms with Gasteiger partial charge in [0.25, 0.3) is 0 Å². The van der Waals surface area contributed by atoms with Gasteiger partial charge >= 0.3 is 0 Å². The van der Waals surface area contributed by atoms with Crippen molar-refractivity contribution in [3.63, 3.8) is 0 Å². The first kappa shape index (κ1) is 12.2. The Morgan fingerprint density at radius 1 is 1.35 bits per heavy atom. The highest BCUT2D eigenvalue weighted by molar-refractivity contribution is 7.09. The van der Waals surface area contributed by atoms with Crippen molar-refractivity contribution in [2.45, 2.75) is 32.3 Å². The average Bonchev–Trinajstić information content (AvgIpc) is 2.73. The van der Waals surface area contributed by atoms with Crippen molar-refractivity contribution < 1.29 is 5.11 Å². The summed E-state index contributed by atoms with van der Waals surface area (Å²) in [4.78, 5) is 8.59. The first-order valence-electron chi connectivity index (χ1n) is 5.73. The van der Waals surface area contributed by atoms with Crippen molar-refractivity contribution in [2.24, 2.45) is 0 Å². The molecule has 4 heteroatoms. The molecule has 0 aliphatic carbocycles. The van der Waals surface area contributed by atoms with E-state index in [2.05, 4.69) is 9.97 Å². The smallest absolute Gasteiger partial charge is 0.0897 e. The van der Waals surface area contributed by atoms with E-state index in [0.717, 1.165) is 29.2 Å². The maximum atomic E-state index is 9.91. The fraction of sp³-hybridized carbons (Fsp3) is 0.385. The van der Waals surface area contributed by atoms with Gasteiger partial charge in [-0.2, -0.15) is 0 Å². The minimum Gasteiger partial charge on any atom is -0.393 e. The SMILES string of the molecule is Cc1nc(CC(O)CCc2ccccn2)cs1. The molecule has 0 saturated carbocycles. The number of hydrogen-bond donors (Lipinski definition) is 1. The summed E-state index contributed by atoms with van der Waals surface area (Å²) in [6, 6.07) is 5.86. The van der Waals surface area contributed by atoms with Crippen molar-refractivity contribution >= 4 is 11.3 Å². The van der Waals surface area contributed by atoms with E-state index >= 15 is 0 Å². The summed E-state index contributed by atoms with van der Waals surface area (Å²) in [5, 5.41) is 13.0. The van der Waals surface area contributed by atoms with Gasteiger partial charge in [-0.25, -0.2) is 4.98 Å². The Morgan fingerprint density at radius 2 is 2.24 bits per heavy atom. The van der Waals surface area contributed by atoms with Gasteiger partial charge in [-0.15, -0.1) is 11.3 Å². The number of hydrogen-bond acceptors (Lipinski definition) is 4. The first-order valence-corrected chi connectivity index (χ1v) is 6.61. The molecule has 1 atom stereocenters. The van der Waals surface area contributed by atoms with Crippen LogP contribution in [0.5, 0.6) is 0 Å². The predicted molar refractivity (Wildman–Crippen MR) is 69.1 cm³/mol. The lowest BCUT2D eigenvalue weighted by molar-refractivity contribution is 0.164. The Balaban J connectivity index is 1.80.